The summed E-state index contributed by atoms with van der Waals surface area (Å²) in [4.78, 5) is 8.52. The van der Waals surface area contributed by atoms with Crippen molar-refractivity contribution in [2.45, 2.75) is 31.8 Å². The first-order valence-electron chi connectivity index (χ1n) is 9.34. The van der Waals surface area contributed by atoms with E-state index in [4.69, 9.17) is 17.8 Å². The fourth-order valence-corrected chi connectivity index (χ4v) is 3.80. The van der Waals surface area contributed by atoms with Crippen molar-refractivity contribution in [2.75, 3.05) is 26.3 Å². The molecule has 2 aliphatic heterocycles. The zero-order valence-corrected chi connectivity index (χ0v) is 16.4. The summed E-state index contributed by atoms with van der Waals surface area (Å²) < 4.78 is 33.2. The van der Waals surface area contributed by atoms with Gasteiger partial charge in [0.25, 0.3) is 0 Å². The first-order chi connectivity index (χ1) is 13.7. The van der Waals surface area contributed by atoms with Crippen molar-refractivity contribution in [3.8, 4) is 17.5 Å². The van der Waals surface area contributed by atoms with Gasteiger partial charge in [0.2, 0.25) is 11.8 Å². The minimum atomic E-state index is -1.63. The summed E-state index contributed by atoms with van der Waals surface area (Å²) in [7, 11) is 0. The largest absolute Gasteiger partial charge is 0.474 e. The fourth-order valence-electron chi connectivity index (χ4n) is 3.18. The van der Waals surface area contributed by atoms with Crippen molar-refractivity contribution < 1.29 is 22.0 Å². The molecule has 28 heavy (non-hydrogen) atoms. The lowest BCUT2D eigenvalue weighted by molar-refractivity contribution is 0.154. The average Bonchev–Trinajstić information content (AvgIpc) is 2.73. The number of hydrogen-bond acceptors (Lipinski definition) is 8. The minimum absolute atomic E-state index is 0.0533. The van der Waals surface area contributed by atoms with Gasteiger partial charge >= 0.3 is 11.4 Å². The van der Waals surface area contributed by atoms with Gasteiger partial charge in [0.15, 0.2) is 0 Å². The van der Waals surface area contributed by atoms with E-state index in [1.807, 2.05) is 31.2 Å². The zero-order valence-electron chi connectivity index (χ0n) is 15.6. The van der Waals surface area contributed by atoms with Crippen molar-refractivity contribution >= 4 is 11.4 Å². The molecule has 0 saturated carbocycles. The van der Waals surface area contributed by atoms with Gasteiger partial charge < -0.3 is 14.8 Å². The highest BCUT2D eigenvalue weighted by molar-refractivity contribution is 7.75. The van der Waals surface area contributed by atoms with Crippen molar-refractivity contribution in [3.63, 3.8) is 0 Å². The molecule has 1 aromatic carbocycles. The Labute approximate surface area is 166 Å². The van der Waals surface area contributed by atoms with E-state index in [1.165, 1.54) is 6.33 Å². The molecule has 1 aromatic heterocycles. The molecule has 0 unspecified atom stereocenters. The number of aromatic nitrogens is 2. The third-order valence-corrected chi connectivity index (χ3v) is 5.51. The van der Waals surface area contributed by atoms with E-state index >= 15 is 0 Å². The monoisotopic (exact) mass is 405 g/mol. The number of piperidine rings is 1. The van der Waals surface area contributed by atoms with Crippen molar-refractivity contribution in [1.82, 2.24) is 15.3 Å². The summed E-state index contributed by atoms with van der Waals surface area (Å²) in [6.45, 7) is 4.55. The van der Waals surface area contributed by atoms with E-state index in [1.54, 1.807) is 0 Å². The van der Waals surface area contributed by atoms with Crippen LogP contribution in [0.25, 0.3) is 0 Å². The predicted molar refractivity (Wildman–Crippen MR) is 103 cm³/mol. The highest BCUT2D eigenvalue weighted by atomic mass is 32.2. The number of nitrogens with one attached hydrogen (secondary N) is 1. The van der Waals surface area contributed by atoms with Gasteiger partial charge in [0.05, 0.1) is 18.8 Å². The smallest absolute Gasteiger partial charge is 0.304 e. The summed E-state index contributed by atoms with van der Waals surface area (Å²) in [5.41, 5.74) is 1.82. The first-order valence-corrected chi connectivity index (χ1v) is 10.3. The lowest BCUT2D eigenvalue weighted by atomic mass is 10.0. The van der Waals surface area contributed by atoms with Gasteiger partial charge in [-0.05, 0) is 50.6 Å². The normalized spacial score (nSPS) is 23.3. The summed E-state index contributed by atoms with van der Waals surface area (Å²) in [6, 6.07) is 7.64. The first kappa shape index (κ1) is 19.3. The second-order valence-electron chi connectivity index (χ2n) is 6.82. The number of ether oxygens (including phenoxy) is 2. The van der Waals surface area contributed by atoms with Crippen LogP contribution in [0.4, 0.5) is 0 Å². The molecule has 8 nitrogen and oxygen atoms in total. The van der Waals surface area contributed by atoms with Crippen LogP contribution in [-0.2, 0) is 19.7 Å². The molecular weight excluding hydrogens is 382 g/mol. The molecule has 2 fully saturated rings. The Kier molecular flexibility index (Phi) is 6.16. The van der Waals surface area contributed by atoms with Crippen LogP contribution in [0.2, 0.25) is 0 Å². The van der Waals surface area contributed by atoms with E-state index in [0.717, 1.165) is 37.1 Å². The van der Waals surface area contributed by atoms with E-state index in [-0.39, 0.29) is 12.0 Å². The van der Waals surface area contributed by atoms with Crippen LogP contribution >= 0.6 is 0 Å². The van der Waals surface area contributed by atoms with E-state index in [9.17, 15) is 4.21 Å². The van der Waals surface area contributed by atoms with Crippen LogP contribution in [0, 0.1) is 6.92 Å². The maximum Gasteiger partial charge on any atom is 0.304 e. The van der Waals surface area contributed by atoms with Crippen LogP contribution < -0.4 is 14.8 Å². The minimum Gasteiger partial charge on any atom is -0.474 e. The Morgan fingerprint density at radius 2 is 1.75 bits per heavy atom. The molecular formula is C19H23N3O5S. The standard InChI is InChI=1S/C19H23N3O5S/c1-13-18(21-12-22-19(13)27-17-6-8-20-9-7-17)26-16-4-2-14(3-5-16)15-10-24-28(23)25-11-15/h2-5,12,15,17,20H,6-11H2,1H3. The average molecular weight is 405 g/mol. The summed E-state index contributed by atoms with van der Waals surface area (Å²) >= 11 is -1.63. The number of hydrogen-bond donors (Lipinski definition) is 1. The van der Waals surface area contributed by atoms with Crippen LogP contribution in [0.3, 0.4) is 0 Å². The third-order valence-electron chi connectivity index (χ3n) is 4.85. The van der Waals surface area contributed by atoms with Gasteiger partial charge in [-0.25, -0.2) is 9.97 Å². The van der Waals surface area contributed by atoms with Crippen LogP contribution in [0.5, 0.6) is 17.5 Å². The van der Waals surface area contributed by atoms with Gasteiger partial charge in [-0.2, -0.15) is 4.21 Å². The lowest BCUT2D eigenvalue weighted by Crippen LogP contribution is -2.34. The second-order valence-corrected chi connectivity index (χ2v) is 7.70. The molecule has 150 valence electrons. The summed E-state index contributed by atoms with van der Waals surface area (Å²) in [5, 5.41) is 3.32. The quantitative estimate of drug-likeness (QED) is 0.811. The molecule has 0 amide bonds. The van der Waals surface area contributed by atoms with Crippen molar-refractivity contribution in [3.05, 3.63) is 41.7 Å². The van der Waals surface area contributed by atoms with E-state index < -0.39 is 11.4 Å². The van der Waals surface area contributed by atoms with Crippen molar-refractivity contribution in [2.24, 2.45) is 0 Å². The predicted octanol–water partition coefficient (Wildman–Crippen LogP) is 2.42. The molecule has 0 bridgehead atoms. The molecule has 4 rings (SSSR count). The molecule has 1 N–H and O–H groups in total. The maximum atomic E-state index is 11.1. The van der Waals surface area contributed by atoms with E-state index in [0.29, 0.717) is 30.7 Å². The van der Waals surface area contributed by atoms with Gasteiger partial charge in [0, 0.05) is 5.92 Å². The molecule has 3 heterocycles. The summed E-state index contributed by atoms with van der Waals surface area (Å²) in [6.07, 6.45) is 3.55. The Balaban J connectivity index is 1.42. The van der Waals surface area contributed by atoms with E-state index in [2.05, 4.69) is 15.3 Å². The number of benzene rings is 1. The SMILES string of the molecule is Cc1c(Oc2ccc(C3COS(=O)OC3)cc2)ncnc1OC1CCNCC1. The summed E-state index contributed by atoms with van der Waals surface area (Å²) in [5.74, 6) is 1.77. The van der Waals surface area contributed by atoms with Gasteiger partial charge in [-0.15, -0.1) is 0 Å². The Bertz CT molecular complexity index is 817. The Morgan fingerprint density at radius 1 is 1.07 bits per heavy atom. The van der Waals surface area contributed by atoms with Crippen LogP contribution in [-0.4, -0.2) is 46.6 Å². The lowest BCUT2D eigenvalue weighted by Gasteiger charge is -2.24. The molecule has 2 aromatic rings. The van der Waals surface area contributed by atoms with Gasteiger partial charge in [0.1, 0.15) is 18.2 Å². The Morgan fingerprint density at radius 3 is 2.46 bits per heavy atom. The molecule has 0 aliphatic carbocycles. The maximum absolute atomic E-state index is 11.1. The second kappa shape index (κ2) is 8.95. The molecule has 9 heteroatoms. The van der Waals surface area contributed by atoms with Crippen LogP contribution in [0.1, 0.15) is 29.9 Å². The Hall–Kier alpha value is -2.07. The van der Waals surface area contributed by atoms with Gasteiger partial charge in [-0.3, -0.25) is 8.37 Å². The number of rotatable bonds is 5. The van der Waals surface area contributed by atoms with Gasteiger partial charge in [-0.1, -0.05) is 12.1 Å². The molecule has 0 radical (unpaired) electrons. The molecule has 0 spiro atoms. The zero-order chi connectivity index (χ0) is 19.3. The van der Waals surface area contributed by atoms with Crippen LogP contribution in [0.15, 0.2) is 30.6 Å². The highest BCUT2D eigenvalue weighted by Crippen LogP contribution is 2.30. The molecule has 0 atom stereocenters. The number of nitrogens with zero attached hydrogens (tertiary/aromatic N) is 2. The fraction of sp³-hybridized carbons (Fsp3) is 0.474. The van der Waals surface area contributed by atoms with Crippen molar-refractivity contribution in [1.29, 1.82) is 0 Å². The molecule has 2 saturated heterocycles. The third kappa shape index (κ3) is 4.67. The highest BCUT2D eigenvalue weighted by Gasteiger charge is 2.22. The topological polar surface area (TPSA) is 91.8 Å². The molecule has 2 aliphatic rings.